The maximum atomic E-state index is 12.7. The molecule has 4 aromatic rings. The van der Waals surface area contributed by atoms with E-state index in [1.54, 1.807) is 18.0 Å². The summed E-state index contributed by atoms with van der Waals surface area (Å²) >= 11 is 1.64. The fourth-order valence-electron chi connectivity index (χ4n) is 3.65. The lowest BCUT2D eigenvalue weighted by atomic mass is 10.1. The molecule has 0 saturated carbocycles. The van der Waals surface area contributed by atoms with Crippen LogP contribution in [0.3, 0.4) is 0 Å². The summed E-state index contributed by atoms with van der Waals surface area (Å²) in [6.07, 6.45) is 3.82. The molecule has 1 fully saturated rings. The Labute approximate surface area is 179 Å². The zero-order chi connectivity index (χ0) is 20.3. The summed E-state index contributed by atoms with van der Waals surface area (Å²) in [7, 11) is 0. The van der Waals surface area contributed by atoms with E-state index in [1.807, 2.05) is 76.3 Å². The highest BCUT2D eigenvalue weighted by Gasteiger charge is 2.36. The fraction of sp³-hybridized carbons (Fsp3) is 0.125. The van der Waals surface area contributed by atoms with Gasteiger partial charge in [0.15, 0.2) is 0 Å². The second kappa shape index (κ2) is 8.16. The summed E-state index contributed by atoms with van der Waals surface area (Å²) in [6, 6.07) is 26.0. The standard InChI is InChI=1S/C24H20N4OS/c29-22-17-30-24(27(22)15-19-11-7-8-14-25-19)21-16-28(20-12-5-2-6-13-20)26-23(21)18-9-3-1-4-10-18/h1-14,16,24H,15,17H2/t24-/m1/s1. The molecule has 1 aliphatic heterocycles. The van der Waals surface area contributed by atoms with Gasteiger partial charge in [-0.3, -0.25) is 9.78 Å². The van der Waals surface area contributed by atoms with E-state index in [9.17, 15) is 4.79 Å². The van der Waals surface area contributed by atoms with E-state index >= 15 is 0 Å². The van der Waals surface area contributed by atoms with Crippen molar-refractivity contribution >= 4 is 17.7 Å². The van der Waals surface area contributed by atoms with Gasteiger partial charge >= 0.3 is 0 Å². The molecule has 0 aliphatic carbocycles. The number of pyridine rings is 1. The number of para-hydroxylation sites is 1. The first-order valence-corrected chi connectivity index (χ1v) is 10.9. The number of thioether (sulfide) groups is 1. The van der Waals surface area contributed by atoms with Crippen molar-refractivity contribution in [2.75, 3.05) is 5.75 Å². The fourth-order valence-corrected chi connectivity index (χ4v) is 4.84. The zero-order valence-electron chi connectivity index (χ0n) is 16.3. The number of amides is 1. The van der Waals surface area contributed by atoms with E-state index in [2.05, 4.69) is 23.3 Å². The molecular formula is C24H20N4OS. The van der Waals surface area contributed by atoms with Crippen molar-refractivity contribution in [1.82, 2.24) is 19.7 Å². The molecule has 30 heavy (non-hydrogen) atoms. The first-order valence-electron chi connectivity index (χ1n) is 9.81. The van der Waals surface area contributed by atoms with Gasteiger partial charge in [-0.15, -0.1) is 11.8 Å². The SMILES string of the molecule is O=C1CS[C@H](c2cn(-c3ccccc3)nc2-c2ccccc2)N1Cc1ccccn1. The Morgan fingerprint density at radius 3 is 2.40 bits per heavy atom. The second-order valence-corrected chi connectivity index (χ2v) is 8.15. The molecule has 2 aromatic heterocycles. The van der Waals surface area contributed by atoms with E-state index < -0.39 is 0 Å². The number of rotatable bonds is 5. The highest BCUT2D eigenvalue weighted by molar-refractivity contribution is 8.00. The van der Waals surface area contributed by atoms with Crippen molar-refractivity contribution in [1.29, 1.82) is 0 Å². The van der Waals surface area contributed by atoms with Gasteiger partial charge in [0, 0.05) is 23.5 Å². The van der Waals surface area contributed by atoms with Crippen molar-refractivity contribution in [2.45, 2.75) is 11.9 Å². The highest BCUT2D eigenvalue weighted by atomic mass is 32.2. The zero-order valence-corrected chi connectivity index (χ0v) is 17.1. The maximum Gasteiger partial charge on any atom is 0.234 e. The van der Waals surface area contributed by atoms with E-state index in [0.29, 0.717) is 12.3 Å². The van der Waals surface area contributed by atoms with Crippen LogP contribution in [-0.4, -0.2) is 31.3 Å². The third-order valence-corrected chi connectivity index (χ3v) is 6.34. The lowest BCUT2D eigenvalue weighted by Crippen LogP contribution is -2.28. The minimum absolute atomic E-state index is 0.104. The van der Waals surface area contributed by atoms with Crippen molar-refractivity contribution in [3.05, 3.63) is 103 Å². The molecule has 148 valence electrons. The van der Waals surface area contributed by atoms with Gasteiger partial charge in [-0.2, -0.15) is 5.10 Å². The Bertz CT molecular complexity index is 1150. The maximum absolute atomic E-state index is 12.7. The van der Waals surface area contributed by atoms with Gasteiger partial charge in [0.25, 0.3) is 0 Å². The Morgan fingerprint density at radius 2 is 1.67 bits per heavy atom. The second-order valence-electron chi connectivity index (χ2n) is 7.09. The number of carbonyl (C=O) groups excluding carboxylic acids is 1. The number of carbonyl (C=O) groups is 1. The summed E-state index contributed by atoms with van der Waals surface area (Å²) in [6.45, 7) is 0.488. The molecule has 2 aromatic carbocycles. The Kier molecular flexibility index (Phi) is 5.07. The Hall–Kier alpha value is -3.38. The van der Waals surface area contributed by atoms with Crippen molar-refractivity contribution in [3.63, 3.8) is 0 Å². The first-order chi connectivity index (χ1) is 14.8. The normalized spacial score (nSPS) is 16.2. The molecular weight excluding hydrogens is 392 g/mol. The number of hydrogen-bond donors (Lipinski definition) is 0. The molecule has 3 heterocycles. The van der Waals surface area contributed by atoms with Gasteiger partial charge in [-0.1, -0.05) is 54.6 Å². The molecule has 1 atom stereocenters. The molecule has 1 saturated heterocycles. The molecule has 0 N–H and O–H groups in total. The quantitative estimate of drug-likeness (QED) is 0.476. The largest absolute Gasteiger partial charge is 0.320 e. The Morgan fingerprint density at radius 1 is 0.933 bits per heavy atom. The number of benzene rings is 2. The summed E-state index contributed by atoms with van der Waals surface area (Å²) in [5, 5.41) is 4.81. The monoisotopic (exact) mass is 412 g/mol. The number of aromatic nitrogens is 3. The molecule has 5 rings (SSSR count). The molecule has 1 amide bonds. The lowest BCUT2D eigenvalue weighted by Gasteiger charge is -2.23. The van der Waals surface area contributed by atoms with Crippen LogP contribution in [0, 0.1) is 0 Å². The van der Waals surface area contributed by atoms with Crippen LogP contribution in [0.4, 0.5) is 0 Å². The lowest BCUT2D eigenvalue weighted by molar-refractivity contribution is -0.128. The molecule has 0 spiro atoms. The molecule has 5 nitrogen and oxygen atoms in total. The predicted octanol–water partition coefficient (Wildman–Crippen LogP) is 4.71. The topological polar surface area (TPSA) is 51.0 Å². The highest BCUT2D eigenvalue weighted by Crippen LogP contribution is 2.43. The van der Waals surface area contributed by atoms with E-state index in [1.165, 1.54) is 0 Å². The molecule has 0 unspecified atom stereocenters. The van der Waals surface area contributed by atoms with E-state index in [0.717, 1.165) is 28.2 Å². The third-order valence-electron chi connectivity index (χ3n) is 5.10. The number of nitrogens with zero attached hydrogens (tertiary/aromatic N) is 4. The third kappa shape index (κ3) is 3.62. The van der Waals surface area contributed by atoms with Gasteiger partial charge in [-0.05, 0) is 24.3 Å². The van der Waals surface area contributed by atoms with Gasteiger partial charge in [0.1, 0.15) is 5.37 Å². The van der Waals surface area contributed by atoms with Crippen LogP contribution in [0.25, 0.3) is 16.9 Å². The average Bonchev–Trinajstić information content (AvgIpc) is 3.40. The average molecular weight is 413 g/mol. The predicted molar refractivity (Wildman–Crippen MR) is 119 cm³/mol. The van der Waals surface area contributed by atoms with Gasteiger partial charge < -0.3 is 4.90 Å². The van der Waals surface area contributed by atoms with Crippen LogP contribution >= 0.6 is 11.8 Å². The van der Waals surface area contributed by atoms with Crippen LogP contribution < -0.4 is 0 Å². The first kappa shape index (κ1) is 18.6. The summed E-state index contributed by atoms with van der Waals surface area (Å²) in [5.74, 6) is 0.588. The van der Waals surface area contributed by atoms with Gasteiger partial charge in [0.2, 0.25) is 5.91 Å². The van der Waals surface area contributed by atoms with Gasteiger partial charge in [0.05, 0.1) is 29.4 Å². The van der Waals surface area contributed by atoms with Crippen LogP contribution in [0.2, 0.25) is 0 Å². The van der Waals surface area contributed by atoms with Crippen LogP contribution in [0.5, 0.6) is 0 Å². The van der Waals surface area contributed by atoms with Crippen LogP contribution in [0.1, 0.15) is 16.6 Å². The van der Waals surface area contributed by atoms with Crippen molar-refractivity contribution < 1.29 is 4.79 Å². The van der Waals surface area contributed by atoms with Crippen LogP contribution in [0.15, 0.2) is 91.3 Å². The molecule has 1 aliphatic rings. The molecule has 6 heteroatoms. The minimum atomic E-state index is -0.104. The molecule has 0 bridgehead atoms. The van der Waals surface area contributed by atoms with Crippen LogP contribution in [-0.2, 0) is 11.3 Å². The van der Waals surface area contributed by atoms with Gasteiger partial charge in [-0.25, -0.2) is 4.68 Å². The van der Waals surface area contributed by atoms with E-state index in [4.69, 9.17) is 5.10 Å². The number of hydrogen-bond acceptors (Lipinski definition) is 4. The summed E-state index contributed by atoms with van der Waals surface area (Å²) in [4.78, 5) is 19.1. The van der Waals surface area contributed by atoms with Crippen molar-refractivity contribution in [3.8, 4) is 16.9 Å². The molecule has 0 radical (unpaired) electrons. The minimum Gasteiger partial charge on any atom is -0.320 e. The Balaban J connectivity index is 1.58. The smallest absolute Gasteiger partial charge is 0.234 e. The van der Waals surface area contributed by atoms with E-state index in [-0.39, 0.29) is 11.3 Å². The summed E-state index contributed by atoms with van der Waals surface area (Å²) < 4.78 is 1.90. The summed E-state index contributed by atoms with van der Waals surface area (Å²) in [5.41, 5.74) is 4.86. The van der Waals surface area contributed by atoms with Crippen molar-refractivity contribution in [2.24, 2.45) is 0 Å².